The normalized spacial score (nSPS) is 45.3. The lowest BCUT2D eigenvalue weighted by molar-refractivity contribution is -0.482. The Morgan fingerprint density at radius 3 is 2.33 bits per heavy atom. The number of hydrogen-bond acceptors (Lipinski definition) is 10. The van der Waals surface area contributed by atoms with E-state index in [1.54, 1.807) is 21.0 Å². The smallest absolute Gasteiger partial charge is 0.249 e. The Bertz CT molecular complexity index is 789. The highest BCUT2D eigenvalue weighted by Crippen LogP contribution is 2.46. The molecule has 0 amide bonds. The SMILES string of the molecule is CNC1C(O)C(NC)C2OC3(O)C(OC(C)CC3(O)CNCCc3ccccc3)OC2C1O. The predicted molar refractivity (Wildman–Crippen MR) is 119 cm³/mol. The first-order valence-corrected chi connectivity index (χ1v) is 11.6. The Morgan fingerprint density at radius 2 is 1.67 bits per heavy atom. The van der Waals surface area contributed by atoms with E-state index in [0.29, 0.717) is 6.54 Å². The molecule has 10 atom stereocenters. The third kappa shape index (κ3) is 4.45. The summed E-state index contributed by atoms with van der Waals surface area (Å²) in [7, 11) is 3.30. The summed E-state index contributed by atoms with van der Waals surface area (Å²) < 4.78 is 18.0. The molecule has 2 aliphatic heterocycles. The van der Waals surface area contributed by atoms with Crippen molar-refractivity contribution in [3.8, 4) is 0 Å². The number of nitrogens with one attached hydrogen (secondary N) is 3. The summed E-state index contributed by atoms with van der Waals surface area (Å²) in [6.07, 6.45) is -4.76. The van der Waals surface area contributed by atoms with Crippen LogP contribution in [0.3, 0.4) is 0 Å². The van der Waals surface area contributed by atoms with E-state index in [2.05, 4.69) is 16.0 Å². The van der Waals surface area contributed by atoms with E-state index in [-0.39, 0.29) is 13.0 Å². The number of benzene rings is 1. The minimum absolute atomic E-state index is 0.0513. The van der Waals surface area contributed by atoms with Crippen molar-refractivity contribution in [2.45, 2.75) is 80.0 Å². The van der Waals surface area contributed by atoms with Gasteiger partial charge in [-0.25, -0.2) is 0 Å². The van der Waals surface area contributed by atoms with E-state index < -0.39 is 60.3 Å². The average Bonchev–Trinajstić information content (AvgIpc) is 2.78. The highest BCUT2D eigenvalue weighted by molar-refractivity contribution is 5.15. The highest BCUT2D eigenvalue weighted by atomic mass is 16.8. The quantitative estimate of drug-likeness (QED) is 0.226. The molecule has 3 fully saturated rings. The lowest BCUT2D eigenvalue weighted by Gasteiger charge is -2.60. The molecule has 0 radical (unpaired) electrons. The van der Waals surface area contributed by atoms with Gasteiger partial charge in [0.25, 0.3) is 0 Å². The van der Waals surface area contributed by atoms with Crippen LogP contribution in [-0.4, -0.2) is 108 Å². The van der Waals surface area contributed by atoms with Gasteiger partial charge in [-0.1, -0.05) is 30.3 Å². The molecule has 2 heterocycles. The minimum atomic E-state index is -2.19. The first-order valence-electron chi connectivity index (χ1n) is 11.6. The topological polar surface area (TPSA) is 145 Å². The Morgan fingerprint density at radius 1 is 0.970 bits per heavy atom. The molecule has 1 saturated carbocycles. The van der Waals surface area contributed by atoms with Crippen LogP contribution in [0.1, 0.15) is 18.9 Å². The lowest BCUT2D eigenvalue weighted by atomic mass is 9.77. The fourth-order valence-corrected chi connectivity index (χ4v) is 5.40. The van der Waals surface area contributed by atoms with Gasteiger partial charge in [-0.3, -0.25) is 0 Å². The largest absolute Gasteiger partial charge is 0.390 e. The van der Waals surface area contributed by atoms with Gasteiger partial charge >= 0.3 is 0 Å². The number of hydrogen-bond donors (Lipinski definition) is 7. The summed E-state index contributed by atoms with van der Waals surface area (Å²) in [4.78, 5) is 0. The van der Waals surface area contributed by atoms with Crippen molar-refractivity contribution in [1.82, 2.24) is 16.0 Å². The van der Waals surface area contributed by atoms with E-state index in [0.717, 1.165) is 12.0 Å². The van der Waals surface area contributed by atoms with Gasteiger partial charge in [-0.2, -0.15) is 0 Å². The summed E-state index contributed by atoms with van der Waals surface area (Å²) in [6, 6.07) is 8.65. The van der Waals surface area contributed by atoms with Crippen LogP contribution in [0.15, 0.2) is 30.3 Å². The fraction of sp³-hybridized carbons (Fsp3) is 0.739. The molecule has 0 spiro atoms. The summed E-state index contributed by atoms with van der Waals surface area (Å²) in [6.45, 7) is 2.43. The maximum Gasteiger partial charge on any atom is 0.249 e. The number of rotatable bonds is 7. The van der Waals surface area contributed by atoms with Crippen LogP contribution in [0.2, 0.25) is 0 Å². The average molecular weight is 468 g/mol. The molecule has 10 nitrogen and oxygen atoms in total. The molecule has 1 aliphatic carbocycles. The lowest BCUT2D eigenvalue weighted by Crippen LogP contribution is -2.81. The second kappa shape index (κ2) is 9.82. The number of fused-ring (bicyclic) bond motifs is 2. The Hall–Kier alpha value is -1.18. The van der Waals surface area contributed by atoms with Gasteiger partial charge < -0.3 is 50.6 Å². The first kappa shape index (κ1) is 24.9. The molecule has 0 aromatic heterocycles. The van der Waals surface area contributed by atoms with Gasteiger partial charge in [0.15, 0.2) is 0 Å². The zero-order valence-electron chi connectivity index (χ0n) is 19.3. The number of aliphatic hydroxyl groups excluding tert-OH is 2. The molecule has 2 saturated heterocycles. The van der Waals surface area contributed by atoms with Crippen LogP contribution in [0, 0.1) is 0 Å². The van der Waals surface area contributed by atoms with Crippen LogP contribution in [0.5, 0.6) is 0 Å². The third-order valence-corrected chi connectivity index (χ3v) is 7.20. The summed E-state index contributed by atoms with van der Waals surface area (Å²) in [5.74, 6) is -2.19. The molecule has 3 aliphatic rings. The molecule has 1 aromatic carbocycles. The fourth-order valence-electron chi connectivity index (χ4n) is 5.40. The van der Waals surface area contributed by atoms with Crippen LogP contribution in [0.25, 0.3) is 0 Å². The second-order valence-corrected chi connectivity index (χ2v) is 9.42. The zero-order valence-corrected chi connectivity index (χ0v) is 19.3. The van der Waals surface area contributed by atoms with Gasteiger partial charge in [-0.05, 0) is 39.5 Å². The molecule has 33 heavy (non-hydrogen) atoms. The molecule has 186 valence electrons. The highest BCUT2D eigenvalue weighted by Gasteiger charge is 2.68. The van der Waals surface area contributed by atoms with Crippen molar-refractivity contribution in [2.24, 2.45) is 0 Å². The van der Waals surface area contributed by atoms with Crippen molar-refractivity contribution in [1.29, 1.82) is 0 Å². The maximum atomic E-state index is 11.6. The molecular formula is C23H37N3O7. The van der Waals surface area contributed by atoms with Gasteiger partial charge in [0, 0.05) is 13.0 Å². The van der Waals surface area contributed by atoms with Crippen molar-refractivity contribution >= 4 is 0 Å². The number of ether oxygens (including phenoxy) is 3. The van der Waals surface area contributed by atoms with Crippen molar-refractivity contribution in [3.63, 3.8) is 0 Å². The Kier molecular flexibility index (Phi) is 7.42. The Labute approximate surface area is 194 Å². The first-order chi connectivity index (χ1) is 15.7. The molecular weight excluding hydrogens is 430 g/mol. The van der Waals surface area contributed by atoms with Crippen LogP contribution in [-0.2, 0) is 20.6 Å². The third-order valence-electron chi connectivity index (χ3n) is 7.20. The molecule has 10 heteroatoms. The molecule has 1 aromatic rings. The van der Waals surface area contributed by atoms with Crippen LogP contribution in [0.4, 0.5) is 0 Å². The van der Waals surface area contributed by atoms with Crippen molar-refractivity contribution < 1.29 is 34.6 Å². The van der Waals surface area contributed by atoms with E-state index in [9.17, 15) is 20.4 Å². The van der Waals surface area contributed by atoms with Crippen LogP contribution >= 0.6 is 0 Å². The van der Waals surface area contributed by atoms with E-state index >= 15 is 0 Å². The van der Waals surface area contributed by atoms with Gasteiger partial charge in [0.2, 0.25) is 12.1 Å². The molecule has 7 N–H and O–H groups in total. The predicted octanol–water partition coefficient (Wildman–Crippen LogP) is -1.93. The monoisotopic (exact) mass is 467 g/mol. The Balaban J connectivity index is 1.52. The van der Waals surface area contributed by atoms with Crippen molar-refractivity contribution in [3.05, 3.63) is 35.9 Å². The van der Waals surface area contributed by atoms with E-state index in [1.807, 2.05) is 30.3 Å². The van der Waals surface area contributed by atoms with E-state index in [4.69, 9.17) is 14.2 Å². The molecule has 4 rings (SSSR count). The van der Waals surface area contributed by atoms with Gasteiger partial charge in [-0.15, -0.1) is 0 Å². The second-order valence-electron chi connectivity index (χ2n) is 9.42. The maximum absolute atomic E-state index is 11.6. The summed E-state index contributed by atoms with van der Waals surface area (Å²) in [5.41, 5.74) is -0.555. The summed E-state index contributed by atoms with van der Waals surface area (Å²) >= 11 is 0. The summed E-state index contributed by atoms with van der Waals surface area (Å²) in [5, 5.41) is 54.0. The van der Waals surface area contributed by atoms with E-state index in [1.165, 1.54) is 0 Å². The zero-order chi connectivity index (χ0) is 23.8. The molecule has 0 bridgehead atoms. The minimum Gasteiger partial charge on any atom is -0.390 e. The van der Waals surface area contributed by atoms with Gasteiger partial charge in [0.05, 0.1) is 24.3 Å². The standard InChI is InChI=1S/C23H37N3O7/c1-13-11-22(29,12-26-10-9-14-7-5-4-6-8-14)23(30)21(31-13)32-20-18(28)15(24-2)17(27)16(25-3)19(20)33-23/h4-8,13,15-21,24-30H,9-12H2,1-3H3. The van der Waals surface area contributed by atoms with Gasteiger partial charge in [0.1, 0.15) is 23.9 Å². The molecule has 10 unspecified atom stereocenters. The number of likely N-dealkylation sites (N-methyl/N-ethyl adjacent to an activating group) is 2. The van der Waals surface area contributed by atoms with Crippen molar-refractivity contribution in [2.75, 3.05) is 27.2 Å². The van der Waals surface area contributed by atoms with Crippen LogP contribution < -0.4 is 16.0 Å². The number of aliphatic hydroxyl groups is 4.